The second-order valence-electron chi connectivity index (χ2n) is 12.4. The number of fused-ring (bicyclic) bond motifs is 4. The third kappa shape index (κ3) is 7.27. The summed E-state index contributed by atoms with van der Waals surface area (Å²) in [6.07, 6.45) is 5.03. The number of nitrogens with one attached hydrogen (secondary N) is 3. The SMILES string of the molecule is COc1cc2c(c(OC)c1OC)-c1ccc(NCCCC(=O)NCCc3cn(C(C)C)c4ccccc34)c(=O)cc1[C@@H](NC(C)=O)CC2. The van der Waals surface area contributed by atoms with E-state index < -0.39 is 0 Å². The molecule has 1 aliphatic carbocycles. The summed E-state index contributed by atoms with van der Waals surface area (Å²) in [6.45, 7) is 6.81. The van der Waals surface area contributed by atoms with Gasteiger partial charge in [-0.05, 0) is 86.1 Å². The Morgan fingerprint density at radius 1 is 0.979 bits per heavy atom. The summed E-state index contributed by atoms with van der Waals surface area (Å²) in [7, 11) is 4.71. The van der Waals surface area contributed by atoms with E-state index in [1.165, 1.54) is 23.4 Å². The van der Waals surface area contributed by atoms with Gasteiger partial charge in [0, 0.05) is 55.1 Å². The fourth-order valence-corrected chi connectivity index (χ4v) is 6.65. The van der Waals surface area contributed by atoms with Crippen molar-refractivity contribution < 1.29 is 23.8 Å². The highest BCUT2D eigenvalue weighted by molar-refractivity contribution is 5.85. The number of anilines is 1. The van der Waals surface area contributed by atoms with Crippen molar-refractivity contribution in [1.82, 2.24) is 15.2 Å². The molecule has 1 atom stereocenters. The zero-order valence-electron chi connectivity index (χ0n) is 28.7. The third-order valence-corrected chi connectivity index (χ3v) is 8.91. The predicted octanol–water partition coefficient (Wildman–Crippen LogP) is 5.95. The lowest BCUT2D eigenvalue weighted by atomic mass is 9.95. The fraction of sp³-hybridized carbons (Fsp3) is 0.395. The van der Waals surface area contributed by atoms with E-state index in [4.69, 9.17) is 14.2 Å². The largest absolute Gasteiger partial charge is 0.493 e. The second-order valence-corrected chi connectivity index (χ2v) is 12.4. The zero-order valence-corrected chi connectivity index (χ0v) is 28.7. The van der Waals surface area contributed by atoms with Gasteiger partial charge >= 0.3 is 0 Å². The van der Waals surface area contributed by atoms with Crippen LogP contribution in [0.4, 0.5) is 5.69 Å². The Morgan fingerprint density at radius 3 is 2.46 bits per heavy atom. The van der Waals surface area contributed by atoms with Crippen LogP contribution in [0.2, 0.25) is 0 Å². The number of hydrogen-bond donors (Lipinski definition) is 3. The smallest absolute Gasteiger partial charge is 0.220 e. The maximum absolute atomic E-state index is 13.5. The molecule has 0 saturated heterocycles. The number of amides is 2. The van der Waals surface area contributed by atoms with Crippen LogP contribution in [0.3, 0.4) is 0 Å². The molecule has 4 aromatic rings. The van der Waals surface area contributed by atoms with E-state index in [0.29, 0.717) is 73.3 Å². The summed E-state index contributed by atoms with van der Waals surface area (Å²) < 4.78 is 19.4. The number of carbonyl (C=O) groups excluding carboxylic acids is 2. The highest BCUT2D eigenvalue weighted by Crippen LogP contribution is 2.50. The molecule has 1 aliphatic rings. The first kappa shape index (κ1) is 34.3. The number of hydrogen-bond acceptors (Lipinski definition) is 7. The molecule has 0 radical (unpaired) electrons. The van der Waals surface area contributed by atoms with E-state index in [1.807, 2.05) is 18.2 Å². The third-order valence-electron chi connectivity index (χ3n) is 8.91. The van der Waals surface area contributed by atoms with Crippen molar-refractivity contribution in [3.63, 3.8) is 0 Å². The van der Waals surface area contributed by atoms with E-state index in [0.717, 1.165) is 23.1 Å². The summed E-state index contributed by atoms with van der Waals surface area (Å²) in [4.78, 5) is 38.4. The van der Waals surface area contributed by atoms with Gasteiger partial charge in [-0.15, -0.1) is 0 Å². The minimum atomic E-state index is -0.384. The molecule has 0 spiro atoms. The van der Waals surface area contributed by atoms with Crippen LogP contribution < -0.4 is 35.6 Å². The van der Waals surface area contributed by atoms with Crippen LogP contribution in [0.1, 0.15) is 68.8 Å². The van der Waals surface area contributed by atoms with Crippen LogP contribution in [-0.2, 0) is 22.4 Å². The van der Waals surface area contributed by atoms with Gasteiger partial charge in [0.25, 0.3) is 0 Å². The van der Waals surface area contributed by atoms with E-state index in [9.17, 15) is 14.4 Å². The summed E-state index contributed by atoms with van der Waals surface area (Å²) in [5.41, 5.74) is 5.85. The number of ether oxygens (including phenoxy) is 3. The Bertz CT molecular complexity index is 1860. The molecule has 0 unspecified atom stereocenters. The average Bonchev–Trinajstić information content (AvgIpc) is 3.28. The average molecular weight is 655 g/mol. The molecular weight excluding hydrogens is 608 g/mol. The lowest BCUT2D eigenvalue weighted by molar-refractivity contribution is -0.121. The minimum absolute atomic E-state index is 0.0247. The maximum Gasteiger partial charge on any atom is 0.220 e. The van der Waals surface area contributed by atoms with E-state index in [1.54, 1.807) is 33.5 Å². The quantitative estimate of drug-likeness (QED) is 0.153. The summed E-state index contributed by atoms with van der Waals surface area (Å²) in [5, 5.41) is 10.5. The van der Waals surface area contributed by atoms with Crippen LogP contribution in [0.5, 0.6) is 17.2 Å². The monoisotopic (exact) mass is 654 g/mol. The lowest BCUT2D eigenvalue weighted by Crippen LogP contribution is -2.26. The van der Waals surface area contributed by atoms with Crippen molar-refractivity contribution in [1.29, 1.82) is 0 Å². The molecule has 5 rings (SSSR count). The van der Waals surface area contributed by atoms with E-state index in [2.05, 4.69) is 58.8 Å². The molecule has 0 aliphatic heterocycles. The molecule has 0 bridgehead atoms. The van der Waals surface area contributed by atoms with Crippen LogP contribution >= 0.6 is 0 Å². The number of para-hydroxylation sites is 1. The Kier molecular flexibility index (Phi) is 10.9. The molecular formula is C38H46N4O6. The topological polar surface area (TPSA) is 120 Å². The Balaban J connectivity index is 1.28. The molecule has 0 fully saturated rings. The second kappa shape index (κ2) is 15.3. The van der Waals surface area contributed by atoms with Crippen LogP contribution in [0.25, 0.3) is 22.0 Å². The van der Waals surface area contributed by atoms with Gasteiger partial charge < -0.3 is 34.7 Å². The van der Waals surface area contributed by atoms with Gasteiger partial charge in [-0.3, -0.25) is 14.4 Å². The molecule has 0 saturated carbocycles. The van der Waals surface area contributed by atoms with Gasteiger partial charge in [0.2, 0.25) is 23.0 Å². The number of methoxy groups -OCH3 is 3. The van der Waals surface area contributed by atoms with Crippen molar-refractivity contribution >= 4 is 28.4 Å². The number of aromatic nitrogens is 1. The number of nitrogens with zero attached hydrogens (tertiary/aromatic N) is 1. The first-order valence-electron chi connectivity index (χ1n) is 16.5. The van der Waals surface area contributed by atoms with E-state index in [-0.39, 0.29) is 23.3 Å². The van der Waals surface area contributed by atoms with Gasteiger partial charge in [0.15, 0.2) is 11.5 Å². The van der Waals surface area contributed by atoms with Crippen LogP contribution in [-0.4, -0.2) is 50.8 Å². The van der Waals surface area contributed by atoms with Crippen molar-refractivity contribution in [3.8, 4) is 28.4 Å². The normalized spacial score (nSPS) is 13.7. The molecule has 2 amide bonds. The molecule has 48 heavy (non-hydrogen) atoms. The Labute approximate surface area is 281 Å². The van der Waals surface area contributed by atoms with Crippen molar-refractivity contribution in [2.45, 2.75) is 65.0 Å². The van der Waals surface area contributed by atoms with Gasteiger partial charge in [0.1, 0.15) is 0 Å². The minimum Gasteiger partial charge on any atom is -0.493 e. The first-order chi connectivity index (χ1) is 23.2. The number of rotatable bonds is 13. The van der Waals surface area contributed by atoms with Gasteiger partial charge in [0.05, 0.1) is 33.1 Å². The van der Waals surface area contributed by atoms with Gasteiger partial charge in [-0.25, -0.2) is 0 Å². The summed E-state index contributed by atoms with van der Waals surface area (Å²) in [5.74, 6) is 1.29. The predicted molar refractivity (Wildman–Crippen MR) is 189 cm³/mol. The lowest BCUT2D eigenvalue weighted by Gasteiger charge is -2.19. The van der Waals surface area contributed by atoms with Crippen LogP contribution in [0.15, 0.2) is 59.5 Å². The van der Waals surface area contributed by atoms with Crippen molar-refractivity contribution in [2.24, 2.45) is 0 Å². The summed E-state index contributed by atoms with van der Waals surface area (Å²) in [6, 6.07) is 15.5. The van der Waals surface area contributed by atoms with Crippen LogP contribution in [0, 0.1) is 0 Å². The molecule has 3 N–H and O–H groups in total. The molecule has 3 aromatic carbocycles. The van der Waals surface area contributed by atoms with Gasteiger partial charge in [-0.1, -0.05) is 24.3 Å². The Hall–Kier alpha value is -4.99. The highest BCUT2D eigenvalue weighted by Gasteiger charge is 2.29. The molecule has 10 nitrogen and oxygen atoms in total. The first-order valence-corrected chi connectivity index (χ1v) is 16.5. The molecule has 1 aromatic heterocycles. The maximum atomic E-state index is 13.5. The zero-order chi connectivity index (χ0) is 34.4. The van der Waals surface area contributed by atoms with Crippen molar-refractivity contribution in [2.75, 3.05) is 39.7 Å². The number of benzene rings is 2. The molecule has 1 heterocycles. The van der Waals surface area contributed by atoms with Crippen molar-refractivity contribution in [3.05, 3.63) is 81.6 Å². The molecule has 254 valence electrons. The fourth-order valence-electron chi connectivity index (χ4n) is 6.65. The Morgan fingerprint density at radius 2 is 1.75 bits per heavy atom. The van der Waals surface area contributed by atoms with Gasteiger partial charge in [-0.2, -0.15) is 0 Å². The standard InChI is InChI=1S/C38H46N4O6/c1-23(2)42-22-26(27-10-7-8-11-32(27)42)17-19-40-35(45)12-9-18-39-31-16-14-28-29(21-33(31)44)30(41-24(3)43)15-13-25-20-34(46-4)37(47-5)38(48-6)36(25)28/h7-8,10-11,14,16,20-23,30H,9,12-13,15,17-19H2,1-6H3,(H,39,44)(H,40,45)(H,41,43)/t30-/m0/s1. The number of aryl methyl sites for hydroxylation is 1. The highest BCUT2D eigenvalue weighted by atomic mass is 16.5. The molecule has 10 heteroatoms. The summed E-state index contributed by atoms with van der Waals surface area (Å²) >= 11 is 0. The van der Waals surface area contributed by atoms with E-state index >= 15 is 0 Å². The number of carbonyl (C=O) groups is 2.